The van der Waals surface area contributed by atoms with Gasteiger partial charge in [-0.1, -0.05) is 256 Å². The second-order valence-corrected chi connectivity index (χ2v) is 19.8. The summed E-state index contributed by atoms with van der Waals surface area (Å²) in [6, 6.07) is 0. The van der Waals surface area contributed by atoms with E-state index in [9.17, 15) is 14.4 Å². The first-order valence-electron chi connectivity index (χ1n) is 31.0. The standard InChI is InChI=1S/C71H112O6/c1-4-7-10-13-16-19-22-25-28-31-33-34-35-36-38-40-43-46-49-52-55-58-61-64-70(73)76-67-68(66-75-69(72)63-60-57-54-51-48-45-42-39-30-27-24-21-18-15-12-9-6-3)77-71(74)65-62-59-56-53-50-47-44-41-37-32-29-26-23-20-17-14-11-8-5-2/h7-8,10-11,16-21,25-30,33-34,36-38,41,47,50,56,59,68H,4-6,9,12-15,22-24,31-32,35,39-40,42-46,48-49,51-55,57-58,60-67H2,1-3H3/b10-7-,11-8-,19-16-,20-17-,21-18-,28-25-,29-26-,30-27-,34-33-,38-36-,41-37-,50-47-,59-56-. The predicted molar refractivity (Wildman–Crippen MR) is 334 cm³/mol. The Morgan fingerprint density at radius 3 is 0.844 bits per heavy atom. The van der Waals surface area contributed by atoms with Gasteiger partial charge in [-0.25, -0.2) is 0 Å². The zero-order chi connectivity index (χ0) is 55.7. The van der Waals surface area contributed by atoms with E-state index >= 15 is 0 Å². The average Bonchev–Trinajstić information content (AvgIpc) is 3.43. The Balaban J connectivity index is 4.55. The molecule has 0 aliphatic carbocycles. The molecule has 0 radical (unpaired) electrons. The summed E-state index contributed by atoms with van der Waals surface area (Å²) in [5.74, 6) is -1.03. The first-order valence-corrected chi connectivity index (χ1v) is 31.0. The highest BCUT2D eigenvalue weighted by molar-refractivity contribution is 5.71. The zero-order valence-electron chi connectivity index (χ0n) is 49.4. The molecule has 6 nitrogen and oxygen atoms in total. The number of ether oxygens (including phenoxy) is 3. The van der Waals surface area contributed by atoms with Gasteiger partial charge in [-0.3, -0.25) is 14.4 Å². The van der Waals surface area contributed by atoms with Crippen molar-refractivity contribution >= 4 is 17.9 Å². The molecule has 0 fully saturated rings. The third kappa shape index (κ3) is 61.8. The highest BCUT2D eigenvalue weighted by Crippen LogP contribution is 2.14. The molecular weight excluding hydrogens is 949 g/mol. The van der Waals surface area contributed by atoms with Crippen LogP contribution in [0.2, 0.25) is 0 Å². The lowest BCUT2D eigenvalue weighted by molar-refractivity contribution is -0.166. The van der Waals surface area contributed by atoms with Gasteiger partial charge in [-0.15, -0.1) is 0 Å². The van der Waals surface area contributed by atoms with Gasteiger partial charge in [0.15, 0.2) is 6.10 Å². The van der Waals surface area contributed by atoms with Crippen LogP contribution >= 0.6 is 0 Å². The minimum absolute atomic E-state index is 0.122. The Morgan fingerprint density at radius 1 is 0.273 bits per heavy atom. The summed E-state index contributed by atoms with van der Waals surface area (Å²) in [6.07, 6.45) is 92.4. The highest BCUT2D eigenvalue weighted by atomic mass is 16.6. The van der Waals surface area contributed by atoms with Crippen LogP contribution in [0.1, 0.15) is 252 Å². The van der Waals surface area contributed by atoms with Gasteiger partial charge in [0.05, 0.1) is 0 Å². The van der Waals surface area contributed by atoms with Crippen LogP contribution < -0.4 is 0 Å². The van der Waals surface area contributed by atoms with E-state index in [4.69, 9.17) is 14.2 Å². The van der Waals surface area contributed by atoms with Crippen LogP contribution in [0, 0.1) is 0 Å². The number of hydrogen-bond donors (Lipinski definition) is 0. The van der Waals surface area contributed by atoms with Crippen molar-refractivity contribution < 1.29 is 28.6 Å². The lowest BCUT2D eigenvalue weighted by Crippen LogP contribution is -2.30. The summed E-state index contributed by atoms with van der Waals surface area (Å²) < 4.78 is 16.8. The summed E-state index contributed by atoms with van der Waals surface area (Å²) >= 11 is 0. The van der Waals surface area contributed by atoms with E-state index in [2.05, 4.69) is 167 Å². The molecule has 0 aromatic rings. The highest BCUT2D eigenvalue weighted by Gasteiger charge is 2.19. The molecule has 0 rings (SSSR count). The van der Waals surface area contributed by atoms with Crippen molar-refractivity contribution in [2.75, 3.05) is 13.2 Å². The maximum atomic E-state index is 12.9. The molecule has 0 saturated carbocycles. The molecule has 0 amide bonds. The van der Waals surface area contributed by atoms with Crippen LogP contribution in [0.5, 0.6) is 0 Å². The van der Waals surface area contributed by atoms with Gasteiger partial charge >= 0.3 is 17.9 Å². The van der Waals surface area contributed by atoms with Crippen LogP contribution in [0.4, 0.5) is 0 Å². The Hall–Kier alpha value is -4.97. The molecule has 1 atom stereocenters. The van der Waals surface area contributed by atoms with Crippen molar-refractivity contribution in [3.63, 3.8) is 0 Å². The number of allylic oxidation sites excluding steroid dienone is 26. The summed E-state index contributed by atoms with van der Waals surface area (Å²) in [5.41, 5.74) is 0. The van der Waals surface area contributed by atoms with Crippen molar-refractivity contribution in [1.29, 1.82) is 0 Å². The van der Waals surface area contributed by atoms with Gasteiger partial charge in [-0.05, 0) is 135 Å². The molecule has 6 heteroatoms. The third-order valence-corrected chi connectivity index (χ3v) is 12.5. The first-order chi connectivity index (χ1) is 38.0. The van der Waals surface area contributed by atoms with Gasteiger partial charge in [-0.2, -0.15) is 0 Å². The lowest BCUT2D eigenvalue weighted by Gasteiger charge is -2.18. The molecule has 0 heterocycles. The fourth-order valence-corrected chi connectivity index (χ4v) is 7.94. The Bertz CT molecular complexity index is 1740. The fourth-order valence-electron chi connectivity index (χ4n) is 7.94. The van der Waals surface area contributed by atoms with Gasteiger partial charge in [0.25, 0.3) is 0 Å². The SMILES string of the molecule is CC/C=C\C/C=C\C/C=C\C/C=C\C/C=C\C/C=C\CCC(=O)OC(COC(=O)CCCCCCCCC/C=C\C/C=C\C/C=C\C/C=C\C/C=C\CC)COC(=O)CCCCCCCCC/C=C\C/C=C\CCCCC. The van der Waals surface area contributed by atoms with E-state index in [0.717, 1.165) is 128 Å². The van der Waals surface area contributed by atoms with Gasteiger partial charge in [0.2, 0.25) is 0 Å². The van der Waals surface area contributed by atoms with Crippen LogP contribution in [-0.4, -0.2) is 37.2 Å². The molecule has 1 unspecified atom stereocenters. The number of esters is 3. The monoisotopic (exact) mass is 1060 g/mol. The van der Waals surface area contributed by atoms with Crippen LogP contribution in [0.3, 0.4) is 0 Å². The number of carbonyl (C=O) groups is 3. The van der Waals surface area contributed by atoms with Crippen molar-refractivity contribution in [1.82, 2.24) is 0 Å². The summed E-state index contributed by atoms with van der Waals surface area (Å²) in [4.78, 5) is 38.3. The molecule has 0 bridgehead atoms. The molecular formula is C71H112O6. The maximum Gasteiger partial charge on any atom is 0.306 e. The maximum absolute atomic E-state index is 12.9. The fraction of sp³-hybridized carbons (Fsp3) is 0.592. The van der Waals surface area contributed by atoms with E-state index < -0.39 is 12.1 Å². The Morgan fingerprint density at radius 2 is 0.532 bits per heavy atom. The Kier molecular flexibility index (Phi) is 59.5. The minimum atomic E-state index is -0.836. The van der Waals surface area contributed by atoms with E-state index in [1.54, 1.807) is 0 Å². The third-order valence-electron chi connectivity index (χ3n) is 12.5. The second kappa shape index (κ2) is 63.6. The molecule has 0 aromatic carbocycles. The average molecular weight is 1060 g/mol. The van der Waals surface area contributed by atoms with Crippen LogP contribution in [0.15, 0.2) is 158 Å². The minimum Gasteiger partial charge on any atom is -0.462 e. The number of rotatable bonds is 54. The van der Waals surface area contributed by atoms with Crippen LogP contribution in [0.25, 0.3) is 0 Å². The number of hydrogen-bond acceptors (Lipinski definition) is 6. The molecule has 0 aliphatic heterocycles. The topological polar surface area (TPSA) is 78.9 Å². The lowest BCUT2D eigenvalue weighted by atomic mass is 10.1. The first kappa shape index (κ1) is 72.0. The quantitative estimate of drug-likeness (QED) is 0.0261. The Labute approximate surface area is 473 Å². The number of carbonyl (C=O) groups excluding carboxylic acids is 3. The summed E-state index contributed by atoms with van der Waals surface area (Å²) in [7, 11) is 0. The molecule has 0 N–H and O–H groups in total. The van der Waals surface area contributed by atoms with Crippen molar-refractivity contribution in [3.8, 4) is 0 Å². The molecule has 77 heavy (non-hydrogen) atoms. The molecule has 0 aromatic heterocycles. The molecule has 0 spiro atoms. The van der Waals surface area contributed by atoms with Crippen molar-refractivity contribution in [3.05, 3.63) is 158 Å². The summed E-state index contributed by atoms with van der Waals surface area (Å²) in [5, 5.41) is 0. The summed E-state index contributed by atoms with van der Waals surface area (Å²) in [6.45, 7) is 6.31. The second-order valence-electron chi connectivity index (χ2n) is 19.8. The van der Waals surface area contributed by atoms with E-state index in [0.29, 0.717) is 19.3 Å². The van der Waals surface area contributed by atoms with E-state index in [1.807, 2.05) is 12.2 Å². The van der Waals surface area contributed by atoms with Gasteiger partial charge < -0.3 is 14.2 Å². The van der Waals surface area contributed by atoms with E-state index in [1.165, 1.54) is 77.0 Å². The van der Waals surface area contributed by atoms with E-state index in [-0.39, 0.29) is 31.6 Å². The van der Waals surface area contributed by atoms with Gasteiger partial charge in [0.1, 0.15) is 13.2 Å². The smallest absolute Gasteiger partial charge is 0.306 e. The van der Waals surface area contributed by atoms with Gasteiger partial charge in [0, 0.05) is 19.3 Å². The largest absolute Gasteiger partial charge is 0.462 e. The molecule has 432 valence electrons. The normalized spacial score (nSPS) is 13.2. The van der Waals surface area contributed by atoms with Crippen molar-refractivity contribution in [2.24, 2.45) is 0 Å². The van der Waals surface area contributed by atoms with Crippen molar-refractivity contribution in [2.45, 2.75) is 258 Å². The molecule has 0 saturated heterocycles. The van der Waals surface area contributed by atoms with Crippen LogP contribution in [-0.2, 0) is 28.6 Å². The number of unbranched alkanes of at least 4 members (excludes halogenated alkanes) is 17. The molecule has 0 aliphatic rings. The zero-order valence-corrected chi connectivity index (χ0v) is 49.4. The predicted octanol–water partition coefficient (Wildman–Crippen LogP) is 21.3.